The van der Waals surface area contributed by atoms with Crippen molar-refractivity contribution in [3.05, 3.63) is 96.5 Å². The van der Waals surface area contributed by atoms with Crippen LogP contribution in [0.1, 0.15) is 10.4 Å². The number of aromatic nitrogens is 4. The Morgan fingerprint density at radius 1 is 1.09 bits per heavy atom. The summed E-state index contributed by atoms with van der Waals surface area (Å²) in [4.78, 5) is 23.0. The van der Waals surface area contributed by atoms with Crippen LogP contribution in [0.5, 0.6) is 0 Å². The molecule has 0 amide bonds. The predicted octanol–water partition coefficient (Wildman–Crippen LogP) is 5.67. The number of benzene rings is 1. The van der Waals surface area contributed by atoms with Gasteiger partial charge in [0.1, 0.15) is 22.4 Å². The van der Waals surface area contributed by atoms with Gasteiger partial charge in [0, 0.05) is 17.3 Å². The Hall–Kier alpha value is -2.97. The van der Waals surface area contributed by atoms with Gasteiger partial charge in [0.05, 0.1) is 11.1 Å². The van der Waals surface area contributed by atoms with E-state index < -0.39 is 0 Å². The molecule has 0 unspecified atom stereocenters. The summed E-state index contributed by atoms with van der Waals surface area (Å²) in [5.41, 5.74) is 10.5. The minimum absolute atomic E-state index is 0.214. The molecule has 0 fully saturated rings. The molecule has 2 N–H and O–H groups in total. The molecule has 0 atom stereocenters. The molecule has 6 nitrogen and oxygen atoms in total. The third-order valence-corrected chi connectivity index (χ3v) is 7.11. The molecule has 170 valence electrons. The molecule has 0 radical (unpaired) electrons. The molecular weight excluding hydrogens is 513 g/mol. The smallest absolute Gasteiger partial charge is 0.318 e. The number of fused-ring (bicyclic) bond motifs is 1. The molecule has 0 aliphatic heterocycles. The first-order valence-electron chi connectivity index (χ1n) is 10.2. The normalized spacial score (nSPS) is 11.3. The average Bonchev–Trinajstić information content (AvgIpc) is 3.22. The van der Waals surface area contributed by atoms with E-state index in [1.54, 1.807) is 22.9 Å². The minimum atomic E-state index is -0.214. The van der Waals surface area contributed by atoms with E-state index in [2.05, 4.69) is 9.97 Å². The van der Waals surface area contributed by atoms with Crippen LogP contribution in [0.3, 0.4) is 0 Å². The number of aryl methyl sites for hydroxylation is 1. The molecule has 0 aliphatic rings. The Morgan fingerprint density at radius 2 is 1.88 bits per heavy atom. The molecular formula is C24H17Cl3N5OS+. The zero-order chi connectivity index (χ0) is 24.0. The first-order valence-corrected chi connectivity index (χ1v) is 12.1. The molecule has 4 aromatic heterocycles. The van der Waals surface area contributed by atoms with Gasteiger partial charge >= 0.3 is 5.56 Å². The third kappa shape index (κ3) is 4.05. The highest BCUT2D eigenvalue weighted by molar-refractivity contribution is 7.15. The van der Waals surface area contributed by atoms with Crippen LogP contribution in [0.15, 0.2) is 65.7 Å². The number of nitrogen functional groups attached to an aromatic ring is 1. The van der Waals surface area contributed by atoms with Gasteiger partial charge in [-0.05, 0) is 48.4 Å². The molecule has 1 aromatic carbocycles. The van der Waals surface area contributed by atoms with E-state index >= 15 is 0 Å². The number of nitrogens with two attached hydrogens (primary N) is 1. The molecule has 0 saturated heterocycles. The number of hydrogen-bond donors (Lipinski definition) is 1. The van der Waals surface area contributed by atoms with Gasteiger partial charge < -0.3 is 5.73 Å². The quantitative estimate of drug-likeness (QED) is 0.240. The van der Waals surface area contributed by atoms with E-state index in [4.69, 9.17) is 40.5 Å². The Morgan fingerprint density at radius 3 is 2.62 bits per heavy atom. The Balaban J connectivity index is 1.76. The van der Waals surface area contributed by atoms with Gasteiger partial charge in [0.2, 0.25) is 11.5 Å². The fourth-order valence-corrected chi connectivity index (χ4v) is 5.43. The standard InChI is InChI=1S/C24H16Cl3N5OS/c1-13-4-3-9-31-21(28)19(23(33)32(22(13)31)12-16-11-29-24(27)34-16)15-6-2-5-14(10-15)17-7-8-18(25)30-20(17)26/h2-11H,12H2,1H3,(H-,28,33)/p+1. The second-order valence-electron chi connectivity index (χ2n) is 7.67. The van der Waals surface area contributed by atoms with Crippen LogP contribution in [0, 0.1) is 6.92 Å². The first kappa shape index (κ1) is 22.8. The summed E-state index contributed by atoms with van der Waals surface area (Å²) >= 11 is 19.7. The molecule has 0 aliphatic carbocycles. The lowest BCUT2D eigenvalue weighted by Gasteiger charge is -2.13. The highest BCUT2D eigenvalue weighted by Gasteiger charge is 2.24. The molecule has 0 spiro atoms. The predicted molar refractivity (Wildman–Crippen MR) is 138 cm³/mol. The second-order valence-corrected chi connectivity index (χ2v) is 10.1. The summed E-state index contributed by atoms with van der Waals surface area (Å²) in [5.74, 6) is 0.347. The van der Waals surface area contributed by atoms with Crippen molar-refractivity contribution < 1.29 is 4.40 Å². The molecule has 34 heavy (non-hydrogen) atoms. The Bertz CT molecular complexity index is 1630. The lowest BCUT2D eigenvalue weighted by atomic mass is 10.0. The molecule has 4 heterocycles. The van der Waals surface area contributed by atoms with Gasteiger partial charge in [0.15, 0.2) is 4.47 Å². The molecule has 5 rings (SSSR count). The van der Waals surface area contributed by atoms with Crippen molar-refractivity contribution in [1.82, 2.24) is 14.5 Å². The van der Waals surface area contributed by atoms with Crippen LogP contribution < -0.4 is 15.7 Å². The van der Waals surface area contributed by atoms with E-state index in [1.807, 2.05) is 53.9 Å². The number of hydrogen-bond acceptors (Lipinski definition) is 5. The summed E-state index contributed by atoms with van der Waals surface area (Å²) in [7, 11) is 0. The summed E-state index contributed by atoms with van der Waals surface area (Å²) < 4.78 is 3.96. The zero-order valence-corrected chi connectivity index (χ0v) is 20.9. The van der Waals surface area contributed by atoms with Gasteiger partial charge in [-0.25, -0.2) is 23.7 Å². The number of anilines is 1. The molecule has 0 bridgehead atoms. The number of halogens is 3. The van der Waals surface area contributed by atoms with Crippen molar-refractivity contribution in [2.75, 3.05) is 5.73 Å². The van der Waals surface area contributed by atoms with Crippen molar-refractivity contribution in [3.63, 3.8) is 0 Å². The Labute approximate surface area is 213 Å². The van der Waals surface area contributed by atoms with E-state index in [-0.39, 0.29) is 10.7 Å². The fourth-order valence-electron chi connectivity index (χ4n) is 4.01. The monoisotopic (exact) mass is 528 g/mol. The van der Waals surface area contributed by atoms with Crippen LogP contribution >= 0.6 is 46.1 Å². The molecule has 0 saturated carbocycles. The molecule has 10 heteroatoms. The maximum atomic E-state index is 13.9. The van der Waals surface area contributed by atoms with Crippen molar-refractivity contribution in [2.24, 2.45) is 0 Å². The highest BCUT2D eigenvalue weighted by atomic mass is 35.5. The largest absolute Gasteiger partial charge is 0.321 e. The lowest BCUT2D eigenvalue weighted by molar-refractivity contribution is -0.499. The van der Waals surface area contributed by atoms with Crippen LogP contribution in [0.2, 0.25) is 14.8 Å². The number of nitrogens with zero attached hydrogens (tertiary/aromatic N) is 4. The lowest BCUT2D eigenvalue weighted by Crippen LogP contribution is -2.39. The van der Waals surface area contributed by atoms with Crippen molar-refractivity contribution >= 4 is 57.6 Å². The van der Waals surface area contributed by atoms with Gasteiger partial charge in [-0.15, -0.1) is 11.3 Å². The number of pyridine rings is 2. The Kier molecular flexibility index (Phi) is 6.04. The van der Waals surface area contributed by atoms with Crippen molar-refractivity contribution in [1.29, 1.82) is 0 Å². The van der Waals surface area contributed by atoms with E-state index in [0.29, 0.717) is 44.3 Å². The minimum Gasteiger partial charge on any atom is -0.318 e. The van der Waals surface area contributed by atoms with Crippen LogP contribution in [0.25, 0.3) is 27.9 Å². The molecule has 5 aromatic rings. The second kappa shape index (κ2) is 9.00. The fraction of sp³-hybridized carbons (Fsp3) is 0.0833. The van der Waals surface area contributed by atoms with Crippen LogP contribution in [0.4, 0.5) is 5.82 Å². The van der Waals surface area contributed by atoms with Crippen LogP contribution in [-0.4, -0.2) is 14.5 Å². The highest BCUT2D eigenvalue weighted by Crippen LogP contribution is 2.31. The maximum Gasteiger partial charge on any atom is 0.321 e. The summed E-state index contributed by atoms with van der Waals surface area (Å²) in [6, 6.07) is 14.8. The van der Waals surface area contributed by atoms with Crippen molar-refractivity contribution in [2.45, 2.75) is 13.5 Å². The average molecular weight is 530 g/mol. The summed E-state index contributed by atoms with van der Waals surface area (Å²) in [6.07, 6.45) is 3.53. The van der Waals surface area contributed by atoms with E-state index in [9.17, 15) is 4.79 Å². The van der Waals surface area contributed by atoms with Crippen molar-refractivity contribution in [3.8, 4) is 22.3 Å². The maximum absolute atomic E-state index is 13.9. The number of thiazole rings is 1. The van der Waals surface area contributed by atoms with Crippen LogP contribution in [-0.2, 0) is 6.54 Å². The van der Waals surface area contributed by atoms with Gasteiger partial charge in [-0.3, -0.25) is 0 Å². The van der Waals surface area contributed by atoms with E-state index in [1.165, 1.54) is 11.3 Å². The van der Waals surface area contributed by atoms with Gasteiger partial charge in [-0.2, -0.15) is 0 Å². The van der Waals surface area contributed by atoms with E-state index in [0.717, 1.165) is 16.0 Å². The summed E-state index contributed by atoms with van der Waals surface area (Å²) in [5, 5.41) is 0.585. The first-order chi connectivity index (χ1) is 16.3. The summed E-state index contributed by atoms with van der Waals surface area (Å²) in [6.45, 7) is 2.26. The topological polar surface area (TPSA) is 77.9 Å². The van der Waals surface area contributed by atoms with Gasteiger partial charge in [-0.1, -0.05) is 53.0 Å². The van der Waals surface area contributed by atoms with Gasteiger partial charge in [0.25, 0.3) is 0 Å². The number of rotatable bonds is 4. The SMILES string of the molecule is Cc1ccc[n+]2c(N)c(-c3cccc(-c4ccc(Cl)nc4Cl)c3)c(=O)n(Cc3cnc(Cl)s3)c12. The zero-order valence-electron chi connectivity index (χ0n) is 17.8. The third-order valence-electron chi connectivity index (χ3n) is 5.51.